The first-order valence-electron chi connectivity index (χ1n) is 13.9. The molecule has 0 saturated carbocycles. The minimum Gasteiger partial charge on any atom is -0.456 e. The zero-order valence-corrected chi connectivity index (χ0v) is 22.3. The Morgan fingerprint density at radius 1 is 0.500 bits per heavy atom. The van der Waals surface area contributed by atoms with Gasteiger partial charge < -0.3 is 23.4 Å². The minimum absolute atomic E-state index is 0.432. The summed E-state index contributed by atoms with van der Waals surface area (Å²) in [6.07, 6.45) is 0. The van der Waals surface area contributed by atoms with Crippen LogP contribution in [-0.4, -0.2) is 21.7 Å². The fraction of sp³-hybridized carbons (Fsp3) is 0. The second-order valence-electron chi connectivity index (χ2n) is 10.7. The van der Waals surface area contributed by atoms with Crippen LogP contribution in [0.4, 0.5) is 0 Å². The van der Waals surface area contributed by atoms with Gasteiger partial charge in [0.2, 0.25) is 0 Å². The monoisotopic (exact) mass is 543 g/mol. The maximum Gasteiger partial charge on any atom is 0.489 e. The SMILES string of the molecule is OB(O)c1cccc2oc3ccc(-c4ccc5c(c4)c4ccccc4n5-c4cccc5c4oc4ccccc45)cc3c12. The van der Waals surface area contributed by atoms with Gasteiger partial charge >= 0.3 is 7.12 Å². The first kappa shape index (κ1) is 23.4. The van der Waals surface area contributed by atoms with E-state index in [0.29, 0.717) is 16.6 Å². The van der Waals surface area contributed by atoms with E-state index in [9.17, 15) is 10.0 Å². The number of benzene rings is 6. The summed E-state index contributed by atoms with van der Waals surface area (Å²) in [6.45, 7) is 0. The first-order valence-corrected chi connectivity index (χ1v) is 13.9. The van der Waals surface area contributed by atoms with Crippen molar-refractivity contribution in [2.24, 2.45) is 0 Å². The number of nitrogens with zero attached hydrogens (tertiary/aromatic N) is 1. The molecule has 0 amide bonds. The zero-order valence-electron chi connectivity index (χ0n) is 22.3. The van der Waals surface area contributed by atoms with E-state index in [1.807, 2.05) is 30.3 Å². The Balaban J connectivity index is 1.29. The highest BCUT2D eigenvalue weighted by atomic mass is 16.4. The molecule has 5 nitrogen and oxygen atoms in total. The summed E-state index contributed by atoms with van der Waals surface area (Å²) < 4.78 is 14.8. The third-order valence-electron chi connectivity index (χ3n) is 8.44. The average molecular weight is 543 g/mol. The second kappa shape index (κ2) is 8.60. The molecule has 0 fully saturated rings. The van der Waals surface area contributed by atoms with Crippen molar-refractivity contribution in [2.75, 3.05) is 0 Å². The van der Waals surface area contributed by atoms with Crippen LogP contribution in [0.25, 0.3) is 82.5 Å². The van der Waals surface area contributed by atoms with Crippen LogP contribution in [0, 0.1) is 0 Å². The van der Waals surface area contributed by atoms with Crippen LogP contribution in [0.15, 0.2) is 130 Å². The van der Waals surface area contributed by atoms with Crippen molar-refractivity contribution in [3.8, 4) is 16.8 Å². The van der Waals surface area contributed by atoms with E-state index in [4.69, 9.17) is 8.83 Å². The van der Waals surface area contributed by atoms with Crippen molar-refractivity contribution in [3.05, 3.63) is 121 Å². The molecule has 3 heterocycles. The summed E-state index contributed by atoms with van der Waals surface area (Å²) in [5.74, 6) is 0. The van der Waals surface area contributed by atoms with Gasteiger partial charge in [-0.3, -0.25) is 0 Å². The molecular formula is C36H22BNO4. The molecule has 0 spiro atoms. The minimum atomic E-state index is -1.59. The molecule has 0 unspecified atom stereocenters. The van der Waals surface area contributed by atoms with E-state index in [1.54, 1.807) is 12.1 Å². The van der Waals surface area contributed by atoms with Crippen LogP contribution >= 0.6 is 0 Å². The molecule has 0 aliphatic rings. The zero-order chi connectivity index (χ0) is 27.9. The normalized spacial score (nSPS) is 12.0. The van der Waals surface area contributed by atoms with E-state index in [-0.39, 0.29) is 0 Å². The molecular weight excluding hydrogens is 521 g/mol. The molecule has 198 valence electrons. The van der Waals surface area contributed by atoms with E-state index < -0.39 is 7.12 Å². The summed E-state index contributed by atoms with van der Waals surface area (Å²) in [6, 6.07) is 40.9. The van der Waals surface area contributed by atoms with E-state index >= 15 is 0 Å². The number of para-hydroxylation sites is 3. The summed E-state index contributed by atoms with van der Waals surface area (Å²) in [7, 11) is -1.59. The van der Waals surface area contributed by atoms with Crippen LogP contribution < -0.4 is 5.46 Å². The summed E-state index contributed by atoms with van der Waals surface area (Å²) >= 11 is 0. The Bertz CT molecular complexity index is 2520. The van der Waals surface area contributed by atoms with Crippen LogP contribution in [-0.2, 0) is 0 Å². The van der Waals surface area contributed by atoms with Crippen molar-refractivity contribution in [2.45, 2.75) is 0 Å². The fourth-order valence-electron chi connectivity index (χ4n) is 6.57. The molecule has 0 atom stereocenters. The van der Waals surface area contributed by atoms with Crippen molar-refractivity contribution >= 4 is 78.3 Å². The lowest BCUT2D eigenvalue weighted by Gasteiger charge is -2.09. The van der Waals surface area contributed by atoms with Gasteiger partial charge in [-0.15, -0.1) is 0 Å². The molecule has 0 aliphatic heterocycles. The first-order chi connectivity index (χ1) is 20.7. The van der Waals surface area contributed by atoms with Gasteiger partial charge in [0.1, 0.15) is 16.7 Å². The highest BCUT2D eigenvalue weighted by Gasteiger charge is 2.21. The number of aromatic nitrogens is 1. The highest BCUT2D eigenvalue weighted by molar-refractivity contribution is 6.62. The quantitative estimate of drug-likeness (QED) is 0.222. The summed E-state index contributed by atoms with van der Waals surface area (Å²) in [5.41, 5.74) is 8.79. The summed E-state index contributed by atoms with van der Waals surface area (Å²) in [5, 5.41) is 26.1. The Morgan fingerprint density at radius 2 is 1.17 bits per heavy atom. The molecule has 9 rings (SSSR count). The lowest BCUT2D eigenvalue weighted by molar-refractivity contribution is 0.426. The third-order valence-corrected chi connectivity index (χ3v) is 8.44. The Kier molecular flexibility index (Phi) is 4.80. The maximum atomic E-state index is 10.0. The molecule has 42 heavy (non-hydrogen) atoms. The predicted molar refractivity (Wildman–Crippen MR) is 171 cm³/mol. The van der Waals surface area contributed by atoms with E-state index in [0.717, 1.165) is 71.3 Å². The maximum absolute atomic E-state index is 10.0. The van der Waals surface area contributed by atoms with Gasteiger partial charge in [-0.2, -0.15) is 0 Å². The number of hydrogen-bond acceptors (Lipinski definition) is 4. The molecule has 3 aromatic heterocycles. The third kappa shape index (κ3) is 3.22. The largest absolute Gasteiger partial charge is 0.489 e. The fourth-order valence-corrected chi connectivity index (χ4v) is 6.57. The van der Waals surface area contributed by atoms with Crippen molar-refractivity contribution < 1.29 is 18.9 Å². The topological polar surface area (TPSA) is 71.7 Å². The van der Waals surface area contributed by atoms with Gasteiger partial charge in [-0.1, -0.05) is 72.8 Å². The van der Waals surface area contributed by atoms with Gasteiger partial charge in [0.15, 0.2) is 5.58 Å². The van der Waals surface area contributed by atoms with Gasteiger partial charge in [0, 0.05) is 32.3 Å². The van der Waals surface area contributed by atoms with Crippen LogP contribution in [0.5, 0.6) is 0 Å². The Hall–Kier alpha value is -5.30. The molecule has 0 saturated heterocycles. The number of rotatable bonds is 3. The Labute approximate surface area is 239 Å². The lowest BCUT2D eigenvalue weighted by Crippen LogP contribution is -2.30. The number of hydrogen-bond donors (Lipinski definition) is 2. The van der Waals surface area contributed by atoms with E-state index in [2.05, 4.69) is 83.4 Å². The van der Waals surface area contributed by atoms with Crippen LogP contribution in [0.3, 0.4) is 0 Å². The molecule has 6 aromatic carbocycles. The molecule has 0 radical (unpaired) electrons. The molecule has 0 aliphatic carbocycles. The molecule has 2 N–H and O–H groups in total. The van der Waals surface area contributed by atoms with Crippen LogP contribution in [0.1, 0.15) is 0 Å². The summed E-state index contributed by atoms with van der Waals surface area (Å²) in [4.78, 5) is 0. The van der Waals surface area contributed by atoms with Gasteiger partial charge in [-0.25, -0.2) is 0 Å². The standard InChI is InChI=1S/C36H22BNO4/c39-37(40)28-10-6-14-34-35(28)27-20-22(16-18-33(27)41-34)21-15-17-30-26(19-21)23-7-1-3-11-29(23)38(30)31-12-5-9-25-24-8-2-4-13-32(24)42-36(25)31/h1-20,39-40H. The predicted octanol–water partition coefficient (Wildman–Crippen LogP) is 7.93. The van der Waals surface area contributed by atoms with Gasteiger partial charge in [0.05, 0.1) is 16.7 Å². The van der Waals surface area contributed by atoms with Crippen molar-refractivity contribution in [1.82, 2.24) is 4.57 Å². The second-order valence-corrected chi connectivity index (χ2v) is 10.7. The van der Waals surface area contributed by atoms with Crippen molar-refractivity contribution in [3.63, 3.8) is 0 Å². The molecule has 9 aromatic rings. The molecule has 0 bridgehead atoms. The highest BCUT2D eigenvalue weighted by Crippen LogP contribution is 2.40. The van der Waals surface area contributed by atoms with Crippen LogP contribution in [0.2, 0.25) is 0 Å². The molecule has 6 heteroatoms. The Morgan fingerprint density at radius 3 is 2.05 bits per heavy atom. The van der Waals surface area contributed by atoms with E-state index in [1.165, 1.54) is 0 Å². The number of furan rings is 2. The number of fused-ring (bicyclic) bond motifs is 9. The lowest BCUT2D eigenvalue weighted by atomic mass is 9.77. The smallest absolute Gasteiger partial charge is 0.456 e. The van der Waals surface area contributed by atoms with Crippen molar-refractivity contribution in [1.29, 1.82) is 0 Å². The van der Waals surface area contributed by atoms with Gasteiger partial charge in [-0.05, 0) is 65.1 Å². The van der Waals surface area contributed by atoms with Gasteiger partial charge in [0.25, 0.3) is 0 Å². The average Bonchev–Trinajstić information content (AvgIpc) is 3.70.